The summed E-state index contributed by atoms with van der Waals surface area (Å²) in [5.74, 6) is 0. The lowest BCUT2D eigenvalue weighted by Gasteiger charge is -2.00. The lowest BCUT2D eigenvalue weighted by molar-refractivity contribution is 1.44. The summed E-state index contributed by atoms with van der Waals surface area (Å²) in [4.78, 5) is 4.39. The Balaban J connectivity index is 2.29. The summed E-state index contributed by atoms with van der Waals surface area (Å²) < 4.78 is 0. The van der Waals surface area contributed by atoms with E-state index in [9.17, 15) is 0 Å². The van der Waals surface area contributed by atoms with Crippen molar-refractivity contribution in [2.45, 2.75) is 6.92 Å². The largest absolute Gasteiger partial charge is 0.397 e. The van der Waals surface area contributed by atoms with Crippen LogP contribution in [-0.2, 0) is 0 Å². The maximum atomic E-state index is 5.81. The van der Waals surface area contributed by atoms with Gasteiger partial charge in [0.1, 0.15) is 0 Å². The quantitative estimate of drug-likeness (QED) is 0.599. The zero-order valence-corrected chi connectivity index (χ0v) is 9.22. The number of hydrogen-bond donors (Lipinski definition) is 1. The molecule has 0 aliphatic rings. The third-order valence-electron chi connectivity index (χ3n) is 2.47. The number of rotatable bonds is 2. The van der Waals surface area contributed by atoms with E-state index in [4.69, 9.17) is 5.73 Å². The number of nitrogens with two attached hydrogens (primary N) is 1. The van der Waals surface area contributed by atoms with E-state index >= 15 is 0 Å². The molecule has 0 fully saturated rings. The maximum absolute atomic E-state index is 5.81. The Hall–Kier alpha value is -2.09. The Kier molecular flexibility index (Phi) is 3.01. The second-order valence-electron chi connectivity index (χ2n) is 3.67. The first kappa shape index (κ1) is 10.4. The molecule has 0 radical (unpaired) electrons. The topological polar surface area (TPSA) is 38.4 Å². The first-order chi connectivity index (χ1) is 7.77. The monoisotopic (exact) mass is 210 g/mol. The Morgan fingerprint density at radius 1 is 1.00 bits per heavy atom. The van der Waals surface area contributed by atoms with E-state index in [0.717, 1.165) is 11.3 Å². The first-order valence-electron chi connectivity index (χ1n) is 5.21. The molecule has 0 aliphatic carbocycles. The summed E-state index contributed by atoms with van der Waals surface area (Å²) in [7, 11) is 0. The van der Waals surface area contributed by atoms with Crippen molar-refractivity contribution in [1.82, 2.24) is 0 Å². The fraction of sp³-hybridized carbons (Fsp3) is 0.0714. The Labute approximate surface area is 95.5 Å². The predicted octanol–water partition coefficient (Wildman–Crippen LogP) is 3.33. The Bertz CT molecular complexity index is 468. The zero-order valence-electron chi connectivity index (χ0n) is 9.22. The Morgan fingerprint density at radius 3 is 2.44 bits per heavy atom. The summed E-state index contributed by atoms with van der Waals surface area (Å²) in [6.07, 6.45) is 1.85. The highest BCUT2D eigenvalue weighted by Crippen LogP contribution is 2.20. The van der Waals surface area contributed by atoms with Gasteiger partial charge in [-0.15, -0.1) is 0 Å². The van der Waals surface area contributed by atoms with E-state index in [0.29, 0.717) is 5.69 Å². The van der Waals surface area contributed by atoms with Gasteiger partial charge in [-0.2, -0.15) is 0 Å². The lowest BCUT2D eigenvalue weighted by atomic mass is 10.1. The van der Waals surface area contributed by atoms with Gasteiger partial charge in [0.15, 0.2) is 0 Å². The van der Waals surface area contributed by atoms with Gasteiger partial charge < -0.3 is 5.73 Å². The zero-order chi connectivity index (χ0) is 11.4. The number of aryl methyl sites for hydroxylation is 1. The van der Waals surface area contributed by atoms with Crippen molar-refractivity contribution in [2.24, 2.45) is 4.99 Å². The molecule has 0 spiro atoms. The maximum Gasteiger partial charge on any atom is 0.0859 e. The highest BCUT2D eigenvalue weighted by atomic mass is 14.8. The molecule has 0 amide bonds. The molecule has 2 nitrogen and oxygen atoms in total. The van der Waals surface area contributed by atoms with Gasteiger partial charge in [0.25, 0.3) is 0 Å². The highest BCUT2D eigenvalue weighted by Gasteiger charge is 1.95. The number of benzene rings is 2. The van der Waals surface area contributed by atoms with Crippen LogP contribution in [0.5, 0.6) is 0 Å². The third kappa shape index (κ3) is 2.28. The van der Waals surface area contributed by atoms with Crippen molar-refractivity contribution in [1.29, 1.82) is 0 Å². The molecule has 2 heteroatoms. The third-order valence-corrected chi connectivity index (χ3v) is 2.47. The van der Waals surface area contributed by atoms with Crippen LogP contribution in [0.3, 0.4) is 0 Å². The lowest BCUT2D eigenvalue weighted by Crippen LogP contribution is -1.87. The van der Waals surface area contributed by atoms with E-state index in [1.54, 1.807) is 0 Å². The number of aliphatic imine (C=N–C) groups is 1. The number of nitrogens with zero attached hydrogens (tertiary/aromatic N) is 1. The van der Waals surface area contributed by atoms with Crippen LogP contribution < -0.4 is 5.73 Å². The number of nitrogen functional groups attached to an aromatic ring is 1. The second-order valence-corrected chi connectivity index (χ2v) is 3.67. The minimum Gasteiger partial charge on any atom is -0.397 e. The summed E-state index contributed by atoms with van der Waals surface area (Å²) in [6.45, 7) is 2.07. The molecule has 0 heterocycles. The van der Waals surface area contributed by atoms with Crippen LogP contribution in [0.25, 0.3) is 0 Å². The van der Waals surface area contributed by atoms with E-state index in [2.05, 4.69) is 18.0 Å². The molecule has 80 valence electrons. The summed E-state index contributed by atoms with van der Waals surface area (Å²) >= 11 is 0. The van der Waals surface area contributed by atoms with Gasteiger partial charge in [-0.1, -0.05) is 36.4 Å². The van der Waals surface area contributed by atoms with Gasteiger partial charge in [0.2, 0.25) is 0 Å². The number of hydrogen-bond acceptors (Lipinski definition) is 2. The van der Waals surface area contributed by atoms with E-state index in [-0.39, 0.29) is 0 Å². The van der Waals surface area contributed by atoms with Gasteiger partial charge in [0.05, 0.1) is 11.4 Å². The molecular weight excluding hydrogens is 196 g/mol. The molecule has 0 bridgehead atoms. The van der Waals surface area contributed by atoms with E-state index in [1.807, 2.05) is 48.7 Å². The predicted molar refractivity (Wildman–Crippen MR) is 69.3 cm³/mol. The molecule has 16 heavy (non-hydrogen) atoms. The normalized spacial score (nSPS) is 10.8. The van der Waals surface area contributed by atoms with Crippen LogP contribution in [0, 0.1) is 6.92 Å². The first-order valence-corrected chi connectivity index (χ1v) is 5.21. The van der Waals surface area contributed by atoms with Crippen LogP contribution in [0.2, 0.25) is 0 Å². The average Bonchev–Trinajstić information content (AvgIpc) is 2.30. The smallest absolute Gasteiger partial charge is 0.0859 e. The van der Waals surface area contributed by atoms with Crippen LogP contribution in [0.15, 0.2) is 53.5 Å². The van der Waals surface area contributed by atoms with Gasteiger partial charge in [-0.05, 0) is 30.2 Å². The van der Waals surface area contributed by atoms with Crippen molar-refractivity contribution in [3.05, 3.63) is 59.7 Å². The van der Waals surface area contributed by atoms with Crippen LogP contribution >= 0.6 is 0 Å². The highest BCUT2D eigenvalue weighted by molar-refractivity contribution is 5.85. The number of para-hydroxylation sites is 2. The minimum absolute atomic E-state index is 0.701. The summed E-state index contributed by atoms with van der Waals surface area (Å²) in [6, 6.07) is 15.7. The molecule has 0 atom stereocenters. The molecule has 0 saturated carbocycles. The van der Waals surface area contributed by atoms with Gasteiger partial charge in [0, 0.05) is 6.21 Å². The fourth-order valence-electron chi connectivity index (χ4n) is 1.48. The molecule has 0 unspecified atom stereocenters. The standard InChI is InChI=1S/C14H14N2/c1-11-6-2-3-7-12(11)10-16-14-9-5-4-8-13(14)15/h2-10H,15H2,1H3. The molecule has 0 aliphatic heterocycles. The number of anilines is 1. The molecule has 2 aromatic rings. The van der Waals surface area contributed by atoms with Gasteiger partial charge in [-0.25, -0.2) is 0 Å². The fourth-order valence-corrected chi connectivity index (χ4v) is 1.48. The molecular formula is C14H14N2. The summed E-state index contributed by atoms with van der Waals surface area (Å²) in [5.41, 5.74) is 9.65. The van der Waals surface area contributed by atoms with Crippen LogP contribution in [0.4, 0.5) is 11.4 Å². The Morgan fingerprint density at radius 2 is 1.69 bits per heavy atom. The van der Waals surface area contributed by atoms with Crippen LogP contribution in [-0.4, -0.2) is 6.21 Å². The van der Waals surface area contributed by atoms with Gasteiger partial charge in [-0.3, -0.25) is 4.99 Å². The van der Waals surface area contributed by atoms with Crippen molar-refractivity contribution >= 4 is 17.6 Å². The SMILES string of the molecule is Cc1ccccc1C=Nc1ccccc1N. The molecule has 2 aromatic carbocycles. The van der Waals surface area contributed by atoms with E-state index < -0.39 is 0 Å². The van der Waals surface area contributed by atoms with Crippen LogP contribution in [0.1, 0.15) is 11.1 Å². The molecule has 0 aromatic heterocycles. The van der Waals surface area contributed by atoms with Gasteiger partial charge >= 0.3 is 0 Å². The van der Waals surface area contributed by atoms with Crippen molar-refractivity contribution in [3.8, 4) is 0 Å². The van der Waals surface area contributed by atoms with E-state index in [1.165, 1.54) is 5.56 Å². The molecule has 2 rings (SSSR count). The average molecular weight is 210 g/mol. The van der Waals surface area contributed by atoms with Crippen molar-refractivity contribution in [2.75, 3.05) is 5.73 Å². The van der Waals surface area contributed by atoms with Crippen molar-refractivity contribution in [3.63, 3.8) is 0 Å². The van der Waals surface area contributed by atoms with Crippen molar-refractivity contribution < 1.29 is 0 Å². The minimum atomic E-state index is 0.701. The summed E-state index contributed by atoms with van der Waals surface area (Å²) in [5, 5.41) is 0. The second kappa shape index (κ2) is 4.62. The molecule has 2 N–H and O–H groups in total. The molecule has 0 saturated heterocycles.